The molecule has 0 bridgehead atoms. The molecule has 3 rings (SSSR count). The summed E-state index contributed by atoms with van der Waals surface area (Å²) in [4.78, 5) is 14.8. The minimum atomic E-state index is -3.48. The van der Waals surface area contributed by atoms with Gasteiger partial charge in [0.25, 0.3) is 0 Å². The van der Waals surface area contributed by atoms with E-state index < -0.39 is 16.1 Å². The predicted molar refractivity (Wildman–Crippen MR) is 104 cm³/mol. The molecule has 26 heavy (non-hydrogen) atoms. The molecule has 138 valence electrons. The Bertz CT molecular complexity index is 913. The van der Waals surface area contributed by atoms with E-state index in [9.17, 15) is 13.2 Å². The molecule has 1 N–H and O–H groups in total. The van der Waals surface area contributed by atoms with Gasteiger partial charge in [0.2, 0.25) is 15.9 Å². The topological polar surface area (TPSA) is 66.5 Å². The summed E-state index contributed by atoms with van der Waals surface area (Å²) in [7, 11) is -3.48. The van der Waals surface area contributed by atoms with Crippen molar-refractivity contribution in [3.63, 3.8) is 0 Å². The van der Waals surface area contributed by atoms with Gasteiger partial charge in [0.05, 0.1) is 12.3 Å². The van der Waals surface area contributed by atoms with Crippen LogP contribution in [-0.2, 0) is 21.2 Å². The Morgan fingerprint density at radius 2 is 1.88 bits per heavy atom. The van der Waals surface area contributed by atoms with E-state index in [0.717, 1.165) is 23.9 Å². The van der Waals surface area contributed by atoms with Crippen LogP contribution in [0.3, 0.4) is 0 Å². The van der Waals surface area contributed by atoms with E-state index in [1.807, 2.05) is 31.2 Å². The van der Waals surface area contributed by atoms with Crippen molar-refractivity contribution in [3.8, 4) is 0 Å². The fraction of sp³-hybridized carbons (Fsp3) is 0.316. The van der Waals surface area contributed by atoms with Gasteiger partial charge in [-0.3, -0.25) is 4.79 Å². The normalized spacial score (nSPS) is 17.8. The minimum Gasteiger partial charge on any atom is -0.309 e. The molecule has 0 saturated heterocycles. The Balaban J connectivity index is 1.87. The highest BCUT2D eigenvalue weighted by molar-refractivity contribution is 7.88. The first-order valence-electron chi connectivity index (χ1n) is 8.37. The fourth-order valence-corrected chi connectivity index (χ4v) is 4.26. The third-order valence-corrected chi connectivity index (χ3v) is 5.45. The fourth-order valence-electron chi connectivity index (χ4n) is 3.40. The van der Waals surface area contributed by atoms with E-state index in [0.29, 0.717) is 10.6 Å². The summed E-state index contributed by atoms with van der Waals surface area (Å²) in [5, 5.41) is 0.556. The van der Waals surface area contributed by atoms with Gasteiger partial charge in [0, 0.05) is 23.2 Å². The van der Waals surface area contributed by atoms with Crippen LogP contribution in [0.15, 0.2) is 48.5 Å². The van der Waals surface area contributed by atoms with Crippen LogP contribution in [0, 0.1) is 0 Å². The highest BCUT2D eigenvalue weighted by Gasteiger charge is 2.32. The molecule has 7 heteroatoms. The quantitative estimate of drug-likeness (QED) is 0.848. The number of fused-ring (bicyclic) bond motifs is 1. The molecule has 0 aromatic heterocycles. The zero-order chi connectivity index (χ0) is 18.9. The van der Waals surface area contributed by atoms with E-state index in [-0.39, 0.29) is 18.4 Å². The molecule has 0 fully saturated rings. The number of benzene rings is 2. The average Bonchev–Trinajstić information content (AvgIpc) is 2.89. The van der Waals surface area contributed by atoms with Gasteiger partial charge in [0.1, 0.15) is 0 Å². The molecule has 2 aromatic carbocycles. The molecule has 0 saturated carbocycles. The third-order valence-electron chi connectivity index (χ3n) is 4.48. The number of anilines is 1. The van der Waals surface area contributed by atoms with Crippen LogP contribution in [0.2, 0.25) is 5.02 Å². The Morgan fingerprint density at radius 1 is 1.23 bits per heavy atom. The summed E-state index contributed by atoms with van der Waals surface area (Å²) >= 11 is 5.92. The molecule has 0 spiro atoms. The number of rotatable bonds is 5. The molecule has 1 aliphatic heterocycles. The summed E-state index contributed by atoms with van der Waals surface area (Å²) in [6.45, 7) is 2.00. The van der Waals surface area contributed by atoms with Crippen molar-refractivity contribution in [3.05, 3.63) is 64.7 Å². The van der Waals surface area contributed by atoms with E-state index in [1.54, 1.807) is 29.2 Å². The van der Waals surface area contributed by atoms with Gasteiger partial charge in [-0.1, -0.05) is 41.9 Å². The second-order valence-electron chi connectivity index (χ2n) is 6.64. The van der Waals surface area contributed by atoms with E-state index in [2.05, 4.69) is 4.72 Å². The molecule has 2 aromatic rings. The van der Waals surface area contributed by atoms with Crippen molar-refractivity contribution < 1.29 is 13.2 Å². The summed E-state index contributed by atoms with van der Waals surface area (Å²) in [6.07, 6.45) is 1.93. The van der Waals surface area contributed by atoms with Gasteiger partial charge < -0.3 is 4.90 Å². The summed E-state index contributed by atoms with van der Waals surface area (Å²) < 4.78 is 26.1. The molecule has 0 aliphatic carbocycles. The lowest BCUT2D eigenvalue weighted by atomic mass is 10.0. The largest absolute Gasteiger partial charge is 0.309 e. The van der Waals surface area contributed by atoms with Crippen LogP contribution < -0.4 is 9.62 Å². The van der Waals surface area contributed by atoms with Crippen molar-refractivity contribution in [2.45, 2.75) is 31.8 Å². The number of carbonyl (C=O) groups is 1. The van der Waals surface area contributed by atoms with Gasteiger partial charge >= 0.3 is 0 Å². The monoisotopic (exact) mass is 392 g/mol. The van der Waals surface area contributed by atoms with E-state index in [4.69, 9.17) is 11.6 Å². The molecule has 2 atom stereocenters. The second-order valence-corrected chi connectivity index (χ2v) is 8.86. The lowest BCUT2D eigenvalue weighted by molar-refractivity contribution is -0.119. The number of hydrogen-bond acceptors (Lipinski definition) is 3. The zero-order valence-corrected chi connectivity index (χ0v) is 16.2. The van der Waals surface area contributed by atoms with E-state index >= 15 is 0 Å². The molecular weight excluding hydrogens is 372 g/mol. The number of hydrogen-bond donors (Lipinski definition) is 1. The third kappa shape index (κ3) is 4.26. The lowest BCUT2D eigenvalue weighted by Gasteiger charge is -2.26. The summed E-state index contributed by atoms with van der Waals surface area (Å²) in [5.74, 6) is -0.112. The Hall–Kier alpha value is -1.89. The van der Waals surface area contributed by atoms with Gasteiger partial charge in [0.15, 0.2) is 0 Å². The van der Waals surface area contributed by atoms with Crippen molar-refractivity contribution in [2.75, 3.05) is 11.2 Å². The van der Waals surface area contributed by atoms with Crippen molar-refractivity contribution in [2.24, 2.45) is 0 Å². The minimum absolute atomic E-state index is 0.0351. The smallest absolute Gasteiger partial charge is 0.229 e. The Morgan fingerprint density at radius 3 is 2.54 bits per heavy atom. The molecule has 1 amide bonds. The maximum Gasteiger partial charge on any atom is 0.229 e. The number of para-hydroxylation sites is 1. The van der Waals surface area contributed by atoms with Crippen molar-refractivity contribution in [1.29, 1.82) is 0 Å². The number of halogens is 1. The average molecular weight is 393 g/mol. The van der Waals surface area contributed by atoms with Crippen LogP contribution in [0.25, 0.3) is 0 Å². The zero-order valence-electron chi connectivity index (χ0n) is 14.6. The summed E-state index contributed by atoms with van der Waals surface area (Å²) in [6, 6.07) is 14.1. The molecule has 5 nitrogen and oxygen atoms in total. The SMILES string of the molecule is C[C@H]1Cc2ccccc2N1C(=O)C[C@@H](NS(C)(=O)=O)c1ccc(Cl)cc1. The van der Waals surface area contributed by atoms with Gasteiger partial charge in [-0.25, -0.2) is 13.1 Å². The van der Waals surface area contributed by atoms with Crippen LogP contribution in [0.4, 0.5) is 5.69 Å². The predicted octanol–water partition coefficient (Wildman–Crippen LogP) is 3.30. The number of sulfonamides is 1. The van der Waals surface area contributed by atoms with Crippen LogP contribution in [0.1, 0.15) is 30.5 Å². The maximum absolute atomic E-state index is 13.0. The van der Waals surface area contributed by atoms with Crippen LogP contribution in [0.5, 0.6) is 0 Å². The van der Waals surface area contributed by atoms with Gasteiger partial charge in [-0.05, 0) is 42.7 Å². The van der Waals surface area contributed by atoms with Gasteiger partial charge in [-0.2, -0.15) is 0 Å². The van der Waals surface area contributed by atoms with Crippen LogP contribution >= 0.6 is 11.6 Å². The second kappa shape index (κ2) is 7.39. The first-order valence-corrected chi connectivity index (χ1v) is 10.6. The number of nitrogens with one attached hydrogen (secondary N) is 1. The number of carbonyl (C=O) groups excluding carboxylic acids is 1. The molecule has 1 aliphatic rings. The Kier molecular flexibility index (Phi) is 5.37. The van der Waals surface area contributed by atoms with Crippen molar-refractivity contribution in [1.82, 2.24) is 4.72 Å². The maximum atomic E-state index is 13.0. The lowest BCUT2D eigenvalue weighted by Crippen LogP contribution is -2.39. The molecular formula is C19H21ClN2O3S. The van der Waals surface area contributed by atoms with Gasteiger partial charge in [-0.15, -0.1) is 0 Å². The standard InChI is InChI=1S/C19H21ClN2O3S/c1-13-11-15-5-3-4-6-18(15)22(13)19(23)12-17(21-26(2,24)25)14-7-9-16(20)10-8-14/h3-10,13,17,21H,11-12H2,1-2H3/t13-,17+/m0/s1. The number of amides is 1. The summed E-state index contributed by atoms with van der Waals surface area (Å²) in [5.41, 5.74) is 2.74. The number of nitrogens with zero attached hydrogens (tertiary/aromatic N) is 1. The van der Waals surface area contributed by atoms with Crippen molar-refractivity contribution >= 4 is 33.2 Å². The van der Waals surface area contributed by atoms with Crippen LogP contribution in [-0.4, -0.2) is 26.6 Å². The highest BCUT2D eigenvalue weighted by Crippen LogP contribution is 2.33. The molecule has 0 radical (unpaired) electrons. The Labute approximate surface area is 159 Å². The molecule has 0 unspecified atom stereocenters. The molecule has 1 heterocycles. The first-order chi connectivity index (χ1) is 12.2. The van der Waals surface area contributed by atoms with E-state index in [1.165, 1.54) is 0 Å². The first kappa shape index (κ1) is 18.9. The highest BCUT2D eigenvalue weighted by atomic mass is 35.5.